The van der Waals surface area contributed by atoms with Crippen molar-refractivity contribution in [3.05, 3.63) is 41.1 Å². The molecule has 0 bridgehead atoms. The summed E-state index contributed by atoms with van der Waals surface area (Å²) in [5.74, 6) is 1.35. The van der Waals surface area contributed by atoms with Crippen LogP contribution >= 0.6 is 11.6 Å². The van der Waals surface area contributed by atoms with Crippen LogP contribution in [0.25, 0.3) is 0 Å². The number of nitrogen functional groups attached to an aromatic ring is 1. The highest BCUT2D eigenvalue weighted by Crippen LogP contribution is 2.26. The molecule has 0 aliphatic carbocycles. The first-order valence-corrected chi connectivity index (χ1v) is 6.12. The Kier molecular flexibility index (Phi) is 3.84. The summed E-state index contributed by atoms with van der Waals surface area (Å²) in [4.78, 5) is 8.45. The van der Waals surface area contributed by atoms with E-state index < -0.39 is 0 Å². The Hall–Kier alpha value is -1.59. The van der Waals surface area contributed by atoms with Gasteiger partial charge >= 0.3 is 0 Å². The van der Waals surface area contributed by atoms with Crippen LogP contribution in [0.2, 0.25) is 5.02 Å². The third-order valence-corrected chi connectivity index (χ3v) is 2.96. The highest BCUT2D eigenvalue weighted by atomic mass is 35.5. The predicted octanol–water partition coefficient (Wildman–Crippen LogP) is 1.75. The fraction of sp³-hybridized carbons (Fsp3) is 0.333. The van der Waals surface area contributed by atoms with Crippen LogP contribution in [0.4, 0.5) is 5.82 Å². The van der Waals surface area contributed by atoms with Gasteiger partial charge < -0.3 is 15.6 Å². The number of aryl methyl sites for hydroxylation is 1. The third kappa shape index (κ3) is 2.47. The number of rotatable bonds is 4. The first kappa shape index (κ1) is 12.9. The van der Waals surface area contributed by atoms with Crippen LogP contribution in [-0.2, 0) is 7.05 Å². The van der Waals surface area contributed by atoms with Gasteiger partial charge in [-0.2, -0.15) is 0 Å². The number of pyridine rings is 1. The van der Waals surface area contributed by atoms with Crippen LogP contribution in [-0.4, -0.2) is 21.1 Å². The molecule has 0 aromatic carbocycles. The van der Waals surface area contributed by atoms with Gasteiger partial charge in [0.2, 0.25) is 0 Å². The Balaban J connectivity index is 2.48. The van der Waals surface area contributed by atoms with Crippen molar-refractivity contribution >= 4 is 17.4 Å². The molecule has 0 saturated heterocycles. The molecule has 0 amide bonds. The fourth-order valence-electron chi connectivity index (χ4n) is 1.90. The zero-order chi connectivity index (χ0) is 13.1. The van der Waals surface area contributed by atoms with Crippen molar-refractivity contribution in [3.63, 3.8) is 0 Å². The molecule has 18 heavy (non-hydrogen) atoms. The van der Waals surface area contributed by atoms with Gasteiger partial charge in [0, 0.05) is 31.2 Å². The number of hydrogen-bond acceptors (Lipinski definition) is 4. The number of nitrogens with two attached hydrogens (primary N) is 1. The van der Waals surface area contributed by atoms with Crippen molar-refractivity contribution in [1.29, 1.82) is 0 Å². The molecule has 5 nitrogen and oxygen atoms in total. The first-order valence-electron chi connectivity index (χ1n) is 5.75. The fourth-order valence-corrected chi connectivity index (χ4v) is 2.06. The van der Waals surface area contributed by atoms with Gasteiger partial charge in [-0.1, -0.05) is 18.5 Å². The van der Waals surface area contributed by atoms with Crippen LogP contribution in [0.3, 0.4) is 0 Å². The first-order chi connectivity index (χ1) is 8.63. The van der Waals surface area contributed by atoms with Gasteiger partial charge in [-0.05, 0) is 12.6 Å². The minimum absolute atomic E-state index is 0.110. The molecule has 2 heterocycles. The zero-order valence-corrected chi connectivity index (χ0v) is 11.1. The topological polar surface area (TPSA) is 68.8 Å². The summed E-state index contributed by atoms with van der Waals surface area (Å²) in [6, 6.07) is 1.72. The molecule has 2 aromatic rings. The molecule has 96 valence electrons. The normalized spacial score (nSPS) is 12.6. The van der Waals surface area contributed by atoms with Crippen LogP contribution in [0.5, 0.6) is 0 Å². The Morgan fingerprint density at radius 3 is 2.89 bits per heavy atom. The van der Waals surface area contributed by atoms with Crippen molar-refractivity contribution in [3.8, 4) is 0 Å². The Labute approximate surface area is 111 Å². The quantitative estimate of drug-likeness (QED) is 0.884. The summed E-state index contributed by atoms with van der Waals surface area (Å²) in [6.07, 6.45) is 5.20. The number of halogens is 1. The van der Waals surface area contributed by atoms with E-state index in [9.17, 15) is 0 Å². The largest absolute Gasteiger partial charge is 0.383 e. The minimum atomic E-state index is -0.110. The van der Waals surface area contributed by atoms with Gasteiger partial charge in [-0.3, -0.25) is 0 Å². The molecule has 2 aromatic heterocycles. The maximum atomic E-state index is 5.99. The molecule has 0 aliphatic rings. The Morgan fingerprint density at radius 1 is 1.50 bits per heavy atom. The molecule has 0 spiro atoms. The van der Waals surface area contributed by atoms with E-state index in [1.807, 2.05) is 30.8 Å². The summed E-state index contributed by atoms with van der Waals surface area (Å²) in [7, 11) is 1.95. The maximum absolute atomic E-state index is 5.99. The number of nitrogens with zero attached hydrogens (tertiary/aromatic N) is 3. The summed E-state index contributed by atoms with van der Waals surface area (Å²) in [6.45, 7) is 2.83. The van der Waals surface area contributed by atoms with Crippen molar-refractivity contribution in [2.75, 3.05) is 12.3 Å². The lowest BCUT2D eigenvalue weighted by Gasteiger charge is -2.19. The van der Waals surface area contributed by atoms with E-state index in [1.54, 1.807) is 12.4 Å². The number of imidazole rings is 1. The van der Waals surface area contributed by atoms with Gasteiger partial charge in [0.15, 0.2) is 0 Å². The van der Waals surface area contributed by atoms with E-state index in [4.69, 9.17) is 17.3 Å². The molecular formula is C12H16ClN5. The van der Waals surface area contributed by atoms with Crippen molar-refractivity contribution in [2.45, 2.75) is 13.0 Å². The van der Waals surface area contributed by atoms with Crippen molar-refractivity contribution in [2.24, 2.45) is 7.05 Å². The number of nitrogens with one attached hydrogen (secondary N) is 1. The molecule has 3 N–H and O–H groups in total. The molecule has 1 unspecified atom stereocenters. The van der Waals surface area contributed by atoms with Gasteiger partial charge in [-0.15, -0.1) is 0 Å². The standard InChI is InChI=1S/C12H16ClN5/c1-3-15-10(12-16-4-5-18(12)2)9-6-8(13)7-17-11(9)14/h4-7,10,15H,3H2,1-2H3,(H2,14,17). The van der Waals surface area contributed by atoms with Crippen LogP contribution in [0.1, 0.15) is 24.4 Å². The lowest BCUT2D eigenvalue weighted by Crippen LogP contribution is -2.26. The highest BCUT2D eigenvalue weighted by Gasteiger charge is 2.20. The second kappa shape index (κ2) is 5.37. The average Bonchev–Trinajstić information content (AvgIpc) is 2.76. The summed E-state index contributed by atoms with van der Waals surface area (Å²) in [5, 5.41) is 3.91. The number of anilines is 1. The van der Waals surface area contributed by atoms with Crippen LogP contribution < -0.4 is 11.1 Å². The predicted molar refractivity (Wildman–Crippen MR) is 72.4 cm³/mol. The van der Waals surface area contributed by atoms with Crippen LogP contribution in [0, 0.1) is 0 Å². The lowest BCUT2D eigenvalue weighted by molar-refractivity contribution is 0.577. The van der Waals surface area contributed by atoms with E-state index >= 15 is 0 Å². The number of aromatic nitrogens is 3. The van der Waals surface area contributed by atoms with Gasteiger partial charge in [0.1, 0.15) is 11.6 Å². The lowest BCUT2D eigenvalue weighted by atomic mass is 10.1. The average molecular weight is 266 g/mol. The van der Waals surface area contributed by atoms with Gasteiger partial charge in [-0.25, -0.2) is 9.97 Å². The van der Waals surface area contributed by atoms with E-state index in [0.29, 0.717) is 10.8 Å². The monoisotopic (exact) mass is 265 g/mol. The summed E-state index contributed by atoms with van der Waals surface area (Å²) < 4.78 is 1.95. The number of hydrogen-bond donors (Lipinski definition) is 2. The minimum Gasteiger partial charge on any atom is -0.383 e. The summed E-state index contributed by atoms with van der Waals surface area (Å²) >= 11 is 5.99. The SMILES string of the molecule is CCNC(c1cc(Cl)cnc1N)c1nccn1C. The molecular weight excluding hydrogens is 250 g/mol. The van der Waals surface area contributed by atoms with Crippen LogP contribution in [0.15, 0.2) is 24.7 Å². The Bertz CT molecular complexity index is 537. The molecule has 0 aliphatic heterocycles. The molecule has 0 fully saturated rings. The van der Waals surface area contributed by atoms with E-state index in [0.717, 1.165) is 17.9 Å². The van der Waals surface area contributed by atoms with Crippen molar-refractivity contribution < 1.29 is 0 Å². The zero-order valence-electron chi connectivity index (χ0n) is 10.4. The molecule has 2 rings (SSSR count). The van der Waals surface area contributed by atoms with Crippen molar-refractivity contribution in [1.82, 2.24) is 19.9 Å². The van der Waals surface area contributed by atoms with E-state index in [2.05, 4.69) is 15.3 Å². The van der Waals surface area contributed by atoms with Gasteiger partial charge in [0.05, 0.1) is 11.1 Å². The van der Waals surface area contributed by atoms with E-state index in [1.165, 1.54) is 0 Å². The smallest absolute Gasteiger partial charge is 0.130 e. The third-order valence-electron chi connectivity index (χ3n) is 2.75. The van der Waals surface area contributed by atoms with Gasteiger partial charge in [0.25, 0.3) is 0 Å². The van der Waals surface area contributed by atoms with E-state index in [-0.39, 0.29) is 6.04 Å². The molecule has 0 saturated carbocycles. The highest BCUT2D eigenvalue weighted by molar-refractivity contribution is 6.30. The maximum Gasteiger partial charge on any atom is 0.130 e. The second-order valence-electron chi connectivity index (χ2n) is 4.02. The summed E-state index contributed by atoms with van der Waals surface area (Å²) in [5.41, 5.74) is 6.78. The molecule has 6 heteroatoms. The molecule has 0 radical (unpaired) electrons. The second-order valence-corrected chi connectivity index (χ2v) is 4.45. The molecule has 1 atom stereocenters. The Morgan fingerprint density at radius 2 is 2.28 bits per heavy atom.